The van der Waals surface area contributed by atoms with Crippen LogP contribution in [0.2, 0.25) is 0 Å². The SMILES string of the molecule is C\C=C(/C=C(\C=C(/C)CC)c1cccc(CCNC(=N)N)c1)c1cccc(CCNC(=N)N)c1. The first-order valence-electron chi connectivity index (χ1n) is 11.7. The zero-order valence-electron chi connectivity index (χ0n) is 20.5. The number of allylic oxidation sites excluding steroid dienone is 6. The predicted molar refractivity (Wildman–Crippen MR) is 146 cm³/mol. The molecule has 0 aromatic heterocycles. The minimum atomic E-state index is -0.00439. The topological polar surface area (TPSA) is 124 Å². The van der Waals surface area contributed by atoms with E-state index in [1.807, 2.05) is 0 Å². The Morgan fingerprint density at radius 2 is 1.32 bits per heavy atom. The molecule has 8 N–H and O–H groups in total. The van der Waals surface area contributed by atoms with Crippen molar-refractivity contribution >= 4 is 23.1 Å². The normalized spacial score (nSPS) is 12.4. The van der Waals surface area contributed by atoms with Crippen LogP contribution in [-0.4, -0.2) is 25.0 Å². The maximum absolute atomic E-state index is 7.34. The molecule has 180 valence electrons. The van der Waals surface area contributed by atoms with Crippen LogP contribution in [0, 0.1) is 10.8 Å². The van der Waals surface area contributed by atoms with Crippen molar-refractivity contribution in [3.8, 4) is 0 Å². The van der Waals surface area contributed by atoms with E-state index in [0.29, 0.717) is 13.1 Å². The van der Waals surface area contributed by atoms with Crippen LogP contribution < -0.4 is 22.1 Å². The third-order valence-corrected chi connectivity index (χ3v) is 5.56. The molecule has 34 heavy (non-hydrogen) atoms. The monoisotopic (exact) mass is 458 g/mol. The summed E-state index contributed by atoms with van der Waals surface area (Å²) in [6.07, 6.45) is 9.23. The van der Waals surface area contributed by atoms with Crippen LogP contribution in [0.15, 0.2) is 72.3 Å². The minimum absolute atomic E-state index is 0.00438. The minimum Gasteiger partial charge on any atom is -0.370 e. The Kier molecular flexibility index (Phi) is 10.6. The van der Waals surface area contributed by atoms with Crippen molar-refractivity contribution in [1.29, 1.82) is 10.8 Å². The van der Waals surface area contributed by atoms with Crippen molar-refractivity contribution in [2.45, 2.75) is 40.0 Å². The van der Waals surface area contributed by atoms with Gasteiger partial charge in [0.25, 0.3) is 0 Å². The van der Waals surface area contributed by atoms with Gasteiger partial charge in [0.2, 0.25) is 0 Å². The van der Waals surface area contributed by atoms with E-state index >= 15 is 0 Å². The molecule has 0 radical (unpaired) electrons. The van der Waals surface area contributed by atoms with Crippen LogP contribution in [0.4, 0.5) is 0 Å². The van der Waals surface area contributed by atoms with Crippen molar-refractivity contribution in [3.63, 3.8) is 0 Å². The Labute approximate surface area is 203 Å². The first-order chi connectivity index (χ1) is 16.3. The molecule has 0 saturated carbocycles. The second kappa shape index (κ2) is 13.7. The Morgan fingerprint density at radius 1 is 0.824 bits per heavy atom. The number of rotatable bonds is 11. The molecule has 0 fully saturated rings. The predicted octanol–water partition coefficient (Wildman–Crippen LogP) is 4.58. The summed E-state index contributed by atoms with van der Waals surface area (Å²) in [5, 5.41) is 20.4. The van der Waals surface area contributed by atoms with Gasteiger partial charge in [0.05, 0.1) is 0 Å². The van der Waals surface area contributed by atoms with Crippen molar-refractivity contribution in [2.24, 2.45) is 11.5 Å². The Hall–Kier alpha value is -3.80. The van der Waals surface area contributed by atoms with Gasteiger partial charge in [0, 0.05) is 13.1 Å². The van der Waals surface area contributed by atoms with E-state index in [1.54, 1.807) is 0 Å². The van der Waals surface area contributed by atoms with Gasteiger partial charge in [-0.15, -0.1) is 0 Å². The third kappa shape index (κ3) is 8.98. The lowest BCUT2D eigenvalue weighted by atomic mass is 9.94. The standard InChI is InChI=1S/C28H38N6/c1-4-20(3)16-26(25-11-7-9-22(18-25)13-15-34-28(31)32)19-23(5-2)24-10-6-8-21(17-24)12-14-33-27(29)30/h5-11,16-19H,4,12-15H2,1-3H3,(H4,29,30,33)(H4,31,32,34)/b20-16+,23-5+,26-19+. The molecule has 0 aliphatic carbocycles. The van der Waals surface area contributed by atoms with E-state index in [9.17, 15) is 0 Å². The Morgan fingerprint density at radius 3 is 1.76 bits per heavy atom. The number of nitrogens with two attached hydrogens (primary N) is 2. The molecule has 0 bridgehead atoms. The number of hydrogen-bond acceptors (Lipinski definition) is 2. The largest absolute Gasteiger partial charge is 0.370 e. The van der Waals surface area contributed by atoms with Crippen LogP contribution in [0.5, 0.6) is 0 Å². The van der Waals surface area contributed by atoms with Crippen LogP contribution >= 0.6 is 0 Å². The Balaban J connectivity index is 2.37. The summed E-state index contributed by atoms with van der Waals surface area (Å²) in [4.78, 5) is 0. The smallest absolute Gasteiger partial charge is 0.185 e. The van der Waals surface area contributed by atoms with Crippen molar-refractivity contribution in [1.82, 2.24) is 10.6 Å². The van der Waals surface area contributed by atoms with Gasteiger partial charge in [-0.1, -0.05) is 73.2 Å². The number of benzene rings is 2. The van der Waals surface area contributed by atoms with Gasteiger partial charge in [-0.05, 0) is 72.6 Å². The van der Waals surface area contributed by atoms with Crippen molar-refractivity contribution in [3.05, 3.63) is 94.6 Å². The maximum Gasteiger partial charge on any atom is 0.185 e. The molecule has 0 unspecified atom stereocenters. The third-order valence-electron chi connectivity index (χ3n) is 5.56. The second-order valence-corrected chi connectivity index (χ2v) is 8.27. The number of nitrogens with one attached hydrogen (secondary N) is 4. The zero-order valence-corrected chi connectivity index (χ0v) is 20.5. The lowest BCUT2D eigenvalue weighted by Crippen LogP contribution is -2.31. The van der Waals surface area contributed by atoms with Gasteiger partial charge in [0.1, 0.15) is 0 Å². The average molecular weight is 459 g/mol. The highest BCUT2D eigenvalue weighted by molar-refractivity contribution is 5.88. The molecule has 6 heteroatoms. The molecule has 0 saturated heterocycles. The summed E-state index contributed by atoms with van der Waals surface area (Å²) in [6, 6.07) is 17.0. The van der Waals surface area contributed by atoms with Gasteiger partial charge >= 0.3 is 0 Å². The van der Waals surface area contributed by atoms with Gasteiger partial charge < -0.3 is 22.1 Å². The van der Waals surface area contributed by atoms with E-state index in [0.717, 1.165) is 41.5 Å². The summed E-state index contributed by atoms with van der Waals surface area (Å²) in [5.41, 5.74) is 19.2. The summed E-state index contributed by atoms with van der Waals surface area (Å²) < 4.78 is 0. The molecule has 6 nitrogen and oxygen atoms in total. The van der Waals surface area contributed by atoms with E-state index < -0.39 is 0 Å². The van der Waals surface area contributed by atoms with Crippen LogP contribution in [0.1, 0.15) is 49.4 Å². The fraction of sp³-hybridized carbons (Fsp3) is 0.286. The number of guanidine groups is 2. The van der Waals surface area contributed by atoms with Crippen molar-refractivity contribution in [2.75, 3.05) is 13.1 Å². The zero-order chi connectivity index (χ0) is 24.9. The van der Waals surface area contributed by atoms with E-state index in [2.05, 4.69) is 98.2 Å². The lowest BCUT2D eigenvalue weighted by molar-refractivity contribution is 0.853. The van der Waals surface area contributed by atoms with E-state index in [4.69, 9.17) is 22.3 Å². The molecule has 2 aromatic carbocycles. The quantitative estimate of drug-likeness (QED) is 0.167. The molecular formula is C28H38N6. The average Bonchev–Trinajstić information content (AvgIpc) is 2.81. The lowest BCUT2D eigenvalue weighted by Gasteiger charge is -2.12. The summed E-state index contributed by atoms with van der Waals surface area (Å²) in [6.45, 7) is 7.66. The second-order valence-electron chi connectivity index (χ2n) is 8.27. The molecule has 0 atom stereocenters. The summed E-state index contributed by atoms with van der Waals surface area (Å²) in [7, 11) is 0. The molecule has 2 rings (SSSR count). The molecule has 0 amide bonds. The highest BCUT2D eigenvalue weighted by Gasteiger charge is 2.06. The molecule has 0 heterocycles. The van der Waals surface area contributed by atoms with E-state index in [-0.39, 0.29) is 11.9 Å². The van der Waals surface area contributed by atoms with Crippen LogP contribution in [-0.2, 0) is 12.8 Å². The van der Waals surface area contributed by atoms with E-state index in [1.165, 1.54) is 16.7 Å². The van der Waals surface area contributed by atoms with Gasteiger partial charge in [-0.2, -0.15) is 0 Å². The first-order valence-corrected chi connectivity index (χ1v) is 11.7. The number of hydrogen-bond donors (Lipinski definition) is 6. The molecule has 0 spiro atoms. The summed E-state index contributed by atoms with van der Waals surface area (Å²) in [5.74, 6) is -0.00877. The highest BCUT2D eigenvalue weighted by Crippen LogP contribution is 2.26. The van der Waals surface area contributed by atoms with Gasteiger partial charge in [-0.25, -0.2) is 0 Å². The van der Waals surface area contributed by atoms with Crippen LogP contribution in [0.3, 0.4) is 0 Å². The van der Waals surface area contributed by atoms with Crippen molar-refractivity contribution < 1.29 is 0 Å². The Bertz CT molecular complexity index is 1080. The molecule has 0 aliphatic heterocycles. The summed E-state index contributed by atoms with van der Waals surface area (Å²) >= 11 is 0. The maximum atomic E-state index is 7.34. The van der Waals surface area contributed by atoms with Gasteiger partial charge in [0.15, 0.2) is 11.9 Å². The first kappa shape index (κ1) is 26.5. The highest BCUT2D eigenvalue weighted by atomic mass is 15.0. The fourth-order valence-corrected chi connectivity index (χ4v) is 3.57. The fourth-order valence-electron chi connectivity index (χ4n) is 3.57. The van der Waals surface area contributed by atoms with Crippen LogP contribution in [0.25, 0.3) is 11.1 Å². The molecular weight excluding hydrogens is 420 g/mol. The van der Waals surface area contributed by atoms with Gasteiger partial charge in [-0.3, -0.25) is 10.8 Å². The molecule has 0 aliphatic rings. The molecule has 2 aromatic rings.